The van der Waals surface area contributed by atoms with E-state index < -0.39 is 10.2 Å². The molecule has 0 aromatic rings. The lowest BCUT2D eigenvalue weighted by atomic mass is 12.8. The van der Waals surface area contributed by atoms with E-state index in [9.17, 15) is 20.2 Å². The highest BCUT2D eigenvalue weighted by atomic mass is 17.2. The van der Waals surface area contributed by atoms with Gasteiger partial charge in [0.05, 0.1) is 0 Å². The minimum absolute atomic E-state index is 0.986. The molecule has 0 aliphatic rings. The Bertz CT molecular complexity index is 103. The number of hydrogen-bond donors (Lipinski definition) is 1. The van der Waals surface area contributed by atoms with Gasteiger partial charge in [0, 0.05) is 5.64 Å². The molecule has 9 nitrogen and oxygen atoms in total. The van der Waals surface area contributed by atoms with Gasteiger partial charge in [0.15, 0.2) is 0 Å². The van der Waals surface area contributed by atoms with Crippen LogP contribution in [0.25, 0.3) is 0 Å². The fraction of sp³-hybridized carbons (Fsp3) is 0. The fourth-order valence-electron chi connectivity index (χ4n) is 0.0775. The largest absolute Gasteiger partial charge is 0.313 e. The summed E-state index contributed by atoms with van der Waals surface area (Å²) in [6.45, 7) is 0. The molecule has 0 atom stereocenters. The highest BCUT2D eigenvalue weighted by Crippen LogP contribution is 1.68. The molecule has 1 N–H and O–H groups in total. The minimum atomic E-state index is -1.30. The third-order valence-corrected chi connectivity index (χ3v) is 0.224. The van der Waals surface area contributed by atoms with E-state index in [4.69, 9.17) is 0 Å². The molecule has 0 spiro atoms. The van der Waals surface area contributed by atoms with Crippen LogP contribution in [0.15, 0.2) is 0 Å². The molecule has 0 aliphatic heterocycles. The average molecular weight is 139 g/mol. The molecule has 0 unspecified atom stereocenters. The third-order valence-electron chi connectivity index (χ3n) is 0.224. The molecule has 0 rings (SSSR count). The summed E-state index contributed by atoms with van der Waals surface area (Å²) in [5.41, 5.74) is 0.986. The smallest absolute Gasteiger partial charge is 0.194 e. The van der Waals surface area contributed by atoms with E-state index in [1.165, 1.54) is 0 Å². The third kappa shape index (κ3) is 6.36. The minimum Gasteiger partial charge on any atom is -0.194 e. The molecule has 0 amide bonds. The topological polar surface area (TPSA) is 117 Å². The lowest BCUT2D eigenvalue weighted by Crippen LogP contribution is -2.22. The summed E-state index contributed by atoms with van der Waals surface area (Å²) in [5, 5.41) is 15.8. The van der Waals surface area contributed by atoms with Crippen LogP contribution in [-0.2, 0) is 9.88 Å². The predicted molar refractivity (Wildman–Crippen MR) is 19.3 cm³/mol. The van der Waals surface area contributed by atoms with Crippen molar-refractivity contribution in [1.29, 1.82) is 0 Å². The number of rotatable bonds is 4. The highest BCUT2D eigenvalue weighted by Gasteiger charge is 1.95. The number of hydrogen-bond acceptors (Lipinski definition) is 7. The Morgan fingerprint density at radius 3 is 1.67 bits per heavy atom. The van der Waals surface area contributed by atoms with Crippen LogP contribution in [0.1, 0.15) is 0 Å². The predicted octanol–water partition coefficient (Wildman–Crippen LogP) is -1.18. The number of nitrogens with one attached hydrogen (secondary N) is 1. The molecule has 0 aromatic carbocycles. The van der Waals surface area contributed by atoms with Crippen molar-refractivity contribution in [3.8, 4) is 0 Å². The van der Waals surface area contributed by atoms with Crippen LogP contribution in [0.2, 0.25) is 0 Å². The van der Waals surface area contributed by atoms with E-state index in [-0.39, 0.29) is 0 Å². The van der Waals surface area contributed by atoms with Crippen molar-refractivity contribution in [2.45, 2.75) is 0 Å². The van der Waals surface area contributed by atoms with E-state index in [1.54, 1.807) is 0 Å². The second-order valence-corrected chi connectivity index (χ2v) is 0.713. The van der Waals surface area contributed by atoms with Gasteiger partial charge in [0.25, 0.3) is 0 Å². The summed E-state index contributed by atoms with van der Waals surface area (Å²) in [7, 11) is 0. The Balaban J connectivity index is 3.10. The first-order chi connectivity index (χ1) is 4.13. The van der Waals surface area contributed by atoms with Gasteiger partial charge in [-0.1, -0.05) is 0 Å². The van der Waals surface area contributed by atoms with E-state index >= 15 is 0 Å². The summed E-state index contributed by atoms with van der Waals surface area (Å²) in [6.07, 6.45) is 0. The van der Waals surface area contributed by atoms with Crippen LogP contribution < -0.4 is 5.64 Å². The van der Waals surface area contributed by atoms with Gasteiger partial charge in [-0.15, -0.1) is 20.2 Å². The molecule has 9 heavy (non-hydrogen) atoms. The molecule has 0 fully saturated rings. The Labute approximate surface area is 47.3 Å². The van der Waals surface area contributed by atoms with Gasteiger partial charge >= 0.3 is 10.2 Å². The maximum atomic E-state index is 9.20. The van der Waals surface area contributed by atoms with Crippen molar-refractivity contribution in [2.24, 2.45) is 0 Å². The summed E-state index contributed by atoms with van der Waals surface area (Å²) in [4.78, 5) is 24.7. The first-order valence-corrected chi connectivity index (χ1v) is 1.50. The van der Waals surface area contributed by atoms with Crippen molar-refractivity contribution in [3.05, 3.63) is 20.2 Å². The number of nitrogens with zero attached hydrogens (tertiary/aromatic N) is 2. The zero-order chi connectivity index (χ0) is 7.28. The van der Waals surface area contributed by atoms with Gasteiger partial charge in [0.1, 0.15) is 0 Å². The second-order valence-electron chi connectivity index (χ2n) is 0.713. The van der Waals surface area contributed by atoms with Gasteiger partial charge in [-0.05, 0) is 0 Å². The van der Waals surface area contributed by atoms with Crippen molar-refractivity contribution < 1.29 is 20.0 Å². The summed E-state index contributed by atoms with van der Waals surface area (Å²) in [5.74, 6) is 0. The molecule has 0 bridgehead atoms. The fourth-order valence-corrected chi connectivity index (χ4v) is 0.0775. The van der Waals surface area contributed by atoms with Crippen molar-refractivity contribution in [1.82, 2.24) is 5.64 Å². The maximum Gasteiger partial charge on any atom is 0.313 e. The van der Waals surface area contributed by atoms with Gasteiger partial charge < -0.3 is 0 Å². The quantitative estimate of drug-likeness (QED) is 0.384. The molecule has 0 aliphatic carbocycles. The molecular formula is HN3O6. The van der Waals surface area contributed by atoms with Crippen molar-refractivity contribution in [3.63, 3.8) is 0 Å². The summed E-state index contributed by atoms with van der Waals surface area (Å²) < 4.78 is 0. The zero-order valence-electron chi connectivity index (χ0n) is 3.84. The van der Waals surface area contributed by atoms with Gasteiger partial charge in [-0.2, -0.15) is 9.88 Å². The molecule has 0 aromatic heterocycles. The highest BCUT2D eigenvalue weighted by molar-refractivity contribution is 3.87. The summed E-state index contributed by atoms with van der Waals surface area (Å²) in [6, 6.07) is 0. The molecule has 0 saturated carbocycles. The van der Waals surface area contributed by atoms with Crippen LogP contribution in [0.5, 0.6) is 0 Å². The van der Waals surface area contributed by atoms with Crippen LogP contribution in [0.3, 0.4) is 0 Å². The molecule has 0 saturated heterocycles. The summed E-state index contributed by atoms with van der Waals surface area (Å²) >= 11 is 0. The Hall–Kier alpha value is -1.64. The van der Waals surface area contributed by atoms with E-state index in [0.717, 1.165) is 5.64 Å². The van der Waals surface area contributed by atoms with Crippen molar-refractivity contribution in [2.75, 3.05) is 0 Å². The molecule has 9 heteroatoms. The van der Waals surface area contributed by atoms with Crippen LogP contribution in [0, 0.1) is 20.2 Å². The standard InChI is InChI=1S/HN3O6/c4-2(5)8-1-9-3(6)7/h1H. The van der Waals surface area contributed by atoms with E-state index in [0.29, 0.717) is 0 Å². The van der Waals surface area contributed by atoms with E-state index in [2.05, 4.69) is 9.88 Å². The first kappa shape index (κ1) is 7.36. The van der Waals surface area contributed by atoms with Gasteiger partial charge in [-0.25, -0.2) is 0 Å². The molecular weight excluding hydrogens is 138 g/mol. The first-order valence-electron chi connectivity index (χ1n) is 1.50. The van der Waals surface area contributed by atoms with Crippen LogP contribution in [0.4, 0.5) is 0 Å². The Morgan fingerprint density at radius 2 is 1.44 bits per heavy atom. The Kier molecular flexibility index (Phi) is 2.76. The second kappa shape index (κ2) is 3.37. The van der Waals surface area contributed by atoms with Gasteiger partial charge in [-0.3, -0.25) is 0 Å². The SMILES string of the molecule is O=[N+]([O-])ONO[N+](=O)[O-]. The maximum absolute atomic E-state index is 9.20. The monoisotopic (exact) mass is 139 g/mol. The molecule has 0 heterocycles. The molecule has 52 valence electrons. The van der Waals surface area contributed by atoms with Crippen molar-refractivity contribution >= 4 is 0 Å². The zero-order valence-corrected chi connectivity index (χ0v) is 3.84. The lowest BCUT2D eigenvalue weighted by Gasteiger charge is -1.93. The van der Waals surface area contributed by atoms with Crippen LogP contribution >= 0.6 is 0 Å². The molecule has 0 radical (unpaired) electrons. The Morgan fingerprint density at radius 1 is 1.11 bits per heavy atom. The van der Waals surface area contributed by atoms with E-state index in [1.807, 2.05) is 0 Å². The lowest BCUT2D eigenvalue weighted by molar-refractivity contribution is -0.866. The normalized spacial score (nSPS) is 8.00. The van der Waals surface area contributed by atoms with Crippen LogP contribution in [-0.4, -0.2) is 10.2 Å². The van der Waals surface area contributed by atoms with Gasteiger partial charge in [0.2, 0.25) is 0 Å². The average Bonchev–Trinajstić information content (AvgIpc) is 1.63.